The van der Waals surface area contributed by atoms with E-state index >= 15 is 0 Å². The van der Waals surface area contributed by atoms with Crippen LogP contribution in [0, 0.1) is 0 Å². The summed E-state index contributed by atoms with van der Waals surface area (Å²) in [6.45, 7) is 7.14. The van der Waals surface area contributed by atoms with Crippen molar-refractivity contribution < 1.29 is 14.3 Å². The molecule has 26 heavy (non-hydrogen) atoms. The molecule has 1 aromatic heterocycles. The standard InChI is InChI=1S/C19H19N3O4/c1-5-8-13(6-2)20-19(24)17-15(23)11-12-22(21-17)14-9-7-10-16(25-3)18(14)26-4/h5-12H,1-2H2,3-4H3,(H,20,24)/b13-8+. The molecule has 0 fully saturated rings. The minimum absolute atomic E-state index is 0.269. The Morgan fingerprint density at radius 1 is 1.23 bits per heavy atom. The van der Waals surface area contributed by atoms with Crippen LogP contribution in [0.5, 0.6) is 11.5 Å². The van der Waals surface area contributed by atoms with Gasteiger partial charge in [0.2, 0.25) is 5.43 Å². The van der Waals surface area contributed by atoms with Crippen LogP contribution in [-0.4, -0.2) is 29.9 Å². The Morgan fingerprint density at radius 2 is 2.00 bits per heavy atom. The van der Waals surface area contributed by atoms with Crippen molar-refractivity contribution in [1.82, 2.24) is 15.1 Å². The maximum Gasteiger partial charge on any atom is 0.280 e. The van der Waals surface area contributed by atoms with E-state index in [1.165, 1.54) is 43.3 Å². The highest BCUT2D eigenvalue weighted by atomic mass is 16.5. The summed E-state index contributed by atoms with van der Waals surface area (Å²) in [6, 6.07) is 6.46. The summed E-state index contributed by atoms with van der Waals surface area (Å²) in [5.74, 6) is 0.273. The number of hydrogen-bond donors (Lipinski definition) is 1. The highest BCUT2D eigenvalue weighted by Crippen LogP contribution is 2.32. The smallest absolute Gasteiger partial charge is 0.280 e. The van der Waals surface area contributed by atoms with E-state index in [-0.39, 0.29) is 5.69 Å². The van der Waals surface area contributed by atoms with Gasteiger partial charge in [0.1, 0.15) is 5.69 Å². The Labute approximate surface area is 150 Å². The molecule has 1 aromatic carbocycles. The van der Waals surface area contributed by atoms with Gasteiger partial charge in [-0.05, 0) is 24.3 Å². The van der Waals surface area contributed by atoms with Crippen LogP contribution in [0.3, 0.4) is 0 Å². The topological polar surface area (TPSA) is 82.5 Å². The number of nitrogens with zero attached hydrogens (tertiary/aromatic N) is 2. The lowest BCUT2D eigenvalue weighted by molar-refractivity contribution is 0.0959. The summed E-state index contributed by atoms with van der Waals surface area (Å²) < 4.78 is 12.0. The largest absolute Gasteiger partial charge is 0.493 e. The van der Waals surface area contributed by atoms with E-state index in [1.807, 2.05) is 0 Å². The molecule has 134 valence electrons. The number of benzene rings is 1. The molecule has 0 bridgehead atoms. The monoisotopic (exact) mass is 353 g/mol. The molecule has 7 nitrogen and oxygen atoms in total. The third-order valence-electron chi connectivity index (χ3n) is 3.43. The summed E-state index contributed by atoms with van der Waals surface area (Å²) in [6.07, 6.45) is 5.93. The van der Waals surface area contributed by atoms with Gasteiger partial charge in [-0.2, -0.15) is 5.10 Å². The van der Waals surface area contributed by atoms with Crippen LogP contribution in [0.4, 0.5) is 0 Å². The van der Waals surface area contributed by atoms with Crippen molar-refractivity contribution in [3.05, 3.63) is 83.5 Å². The minimum Gasteiger partial charge on any atom is -0.493 e. The number of carbonyl (C=O) groups excluding carboxylic acids is 1. The third-order valence-corrected chi connectivity index (χ3v) is 3.43. The molecule has 0 atom stereocenters. The van der Waals surface area contributed by atoms with Crippen LogP contribution in [0.2, 0.25) is 0 Å². The molecular formula is C19H19N3O4. The fourth-order valence-electron chi connectivity index (χ4n) is 2.23. The van der Waals surface area contributed by atoms with E-state index in [4.69, 9.17) is 9.47 Å². The van der Waals surface area contributed by atoms with Crippen molar-refractivity contribution in [2.24, 2.45) is 0 Å². The predicted octanol–water partition coefficient (Wildman–Crippen LogP) is 2.24. The van der Waals surface area contributed by atoms with Gasteiger partial charge >= 0.3 is 0 Å². The zero-order valence-corrected chi connectivity index (χ0v) is 14.6. The van der Waals surface area contributed by atoms with Crippen molar-refractivity contribution in [3.8, 4) is 17.2 Å². The number of ether oxygens (including phenoxy) is 2. The number of rotatable bonds is 7. The number of aromatic nitrogens is 2. The molecule has 2 rings (SSSR count). The first kappa shape index (κ1) is 18.7. The average Bonchev–Trinajstić information content (AvgIpc) is 2.67. The first-order valence-corrected chi connectivity index (χ1v) is 7.63. The van der Waals surface area contributed by atoms with E-state index in [9.17, 15) is 9.59 Å². The predicted molar refractivity (Wildman–Crippen MR) is 98.9 cm³/mol. The van der Waals surface area contributed by atoms with Crippen molar-refractivity contribution in [2.45, 2.75) is 0 Å². The van der Waals surface area contributed by atoms with E-state index in [1.54, 1.807) is 24.3 Å². The molecule has 0 unspecified atom stereocenters. The second-order valence-electron chi connectivity index (χ2n) is 5.00. The van der Waals surface area contributed by atoms with E-state index in [0.29, 0.717) is 22.9 Å². The first-order valence-electron chi connectivity index (χ1n) is 7.63. The Balaban J connectivity index is 2.50. The van der Waals surface area contributed by atoms with Crippen LogP contribution in [0.15, 0.2) is 72.3 Å². The Hall–Kier alpha value is -3.61. The third kappa shape index (κ3) is 3.89. The highest BCUT2D eigenvalue weighted by molar-refractivity contribution is 5.93. The van der Waals surface area contributed by atoms with Gasteiger partial charge in [0.05, 0.1) is 14.2 Å². The maximum absolute atomic E-state index is 12.4. The first-order chi connectivity index (χ1) is 12.5. The summed E-state index contributed by atoms with van der Waals surface area (Å²) >= 11 is 0. The zero-order chi connectivity index (χ0) is 19.1. The molecule has 0 aliphatic heterocycles. The van der Waals surface area contributed by atoms with E-state index < -0.39 is 11.3 Å². The number of carbonyl (C=O) groups is 1. The van der Waals surface area contributed by atoms with Crippen LogP contribution in [0.1, 0.15) is 10.5 Å². The maximum atomic E-state index is 12.4. The second kappa shape index (κ2) is 8.48. The minimum atomic E-state index is -0.654. The molecule has 1 heterocycles. The lowest BCUT2D eigenvalue weighted by Gasteiger charge is -2.14. The van der Waals surface area contributed by atoms with Crippen LogP contribution >= 0.6 is 0 Å². The Bertz CT molecular complexity index is 929. The summed E-state index contributed by atoms with van der Waals surface area (Å²) in [4.78, 5) is 24.5. The van der Waals surface area contributed by atoms with Gasteiger partial charge in [-0.15, -0.1) is 0 Å². The molecule has 2 aromatic rings. The van der Waals surface area contributed by atoms with Gasteiger partial charge in [0.25, 0.3) is 5.91 Å². The van der Waals surface area contributed by atoms with Crippen molar-refractivity contribution in [1.29, 1.82) is 0 Å². The van der Waals surface area contributed by atoms with Crippen molar-refractivity contribution in [3.63, 3.8) is 0 Å². The molecule has 0 aliphatic rings. The number of para-hydroxylation sites is 1. The second-order valence-corrected chi connectivity index (χ2v) is 5.00. The molecule has 7 heteroatoms. The Morgan fingerprint density at radius 3 is 2.62 bits per heavy atom. The van der Waals surface area contributed by atoms with Crippen LogP contribution in [0.25, 0.3) is 5.69 Å². The van der Waals surface area contributed by atoms with Gasteiger partial charge in [0, 0.05) is 18.0 Å². The van der Waals surface area contributed by atoms with E-state index in [2.05, 4.69) is 23.6 Å². The fraction of sp³-hybridized carbons (Fsp3) is 0.105. The molecule has 0 spiro atoms. The number of nitrogens with one attached hydrogen (secondary N) is 1. The molecule has 0 saturated heterocycles. The molecular weight excluding hydrogens is 334 g/mol. The van der Waals surface area contributed by atoms with Crippen LogP contribution < -0.4 is 20.2 Å². The highest BCUT2D eigenvalue weighted by Gasteiger charge is 2.16. The molecule has 1 amide bonds. The number of allylic oxidation sites excluding steroid dienone is 3. The summed E-state index contributed by atoms with van der Waals surface area (Å²) in [5, 5.41) is 6.70. The quantitative estimate of drug-likeness (QED) is 0.772. The molecule has 0 aliphatic carbocycles. The number of methoxy groups -OCH3 is 2. The van der Waals surface area contributed by atoms with Crippen molar-refractivity contribution in [2.75, 3.05) is 14.2 Å². The van der Waals surface area contributed by atoms with Gasteiger partial charge < -0.3 is 14.8 Å². The van der Waals surface area contributed by atoms with Crippen LogP contribution in [-0.2, 0) is 0 Å². The van der Waals surface area contributed by atoms with Gasteiger partial charge in [-0.1, -0.05) is 25.3 Å². The SMILES string of the molecule is C=C/C=C(\C=C)NC(=O)c1nn(-c2cccc(OC)c2OC)ccc1=O. The number of hydrogen-bond acceptors (Lipinski definition) is 5. The van der Waals surface area contributed by atoms with Gasteiger partial charge in [0.15, 0.2) is 17.2 Å². The zero-order valence-electron chi connectivity index (χ0n) is 14.6. The molecule has 0 radical (unpaired) electrons. The van der Waals surface area contributed by atoms with Gasteiger partial charge in [-0.3, -0.25) is 9.59 Å². The lowest BCUT2D eigenvalue weighted by Crippen LogP contribution is -2.30. The normalized spacial score (nSPS) is 10.8. The Kier molecular flexibility index (Phi) is 6.10. The molecule has 1 N–H and O–H groups in total. The number of amides is 1. The fourth-order valence-corrected chi connectivity index (χ4v) is 2.23. The molecule has 0 saturated carbocycles. The summed E-state index contributed by atoms with van der Waals surface area (Å²) in [5.41, 5.74) is 0.142. The average molecular weight is 353 g/mol. The lowest BCUT2D eigenvalue weighted by atomic mass is 10.2. The van der Waals surface area contributed by atoms with E-state index in [0.717, 1.165) is 0 Å². The summed E-state index contributed by atoms with van der Waals surface area (Å²) in [7, 11) is 3.01. The van der Waals surface area contributed by atoms with Gasteiger partial charge in [-0.25, -0.2) is 4.68 Å². The van der Waals surface area contributed by atoms with Crippen molar-refractivity contribution >= 4 is 5.91 Å².